The van der Waals surface area contributed by atoms with Gasteiger partial charge in [-0.2, -0.15) is 0 Å². The molecular weight excluding hydrogens is 312 g/mol. The van der Waals surface area contributed by atoms with E-state index in [1.807, 2.05) is 0 Å². The number of nitrogens with one attached hydrogen (secondary N) is 1. The van der Waals surface area contributed by atoms with E-state index < -0.39 is 21.2 Å². The molecule has 1 N–H and O–H groups in total. The van der Waals surface area contributed by atoms with Gasteiger partial charge in [0.1, 0.15) is 0 Å². The number of nitrogens with zero attached hydrogens (tertiary/aromatic N) is 1. The Morgan fingerprint density at radius 1 is 1.59 bits per heavy atom. The van der Waals surface area contributed by atoms with Gasteiger partial charge in [-0.3, -0.25) is 9.52 Å². The number of aromatic nitrogens is 1. The number of sulfonamides is 1. The lowest BCUT2D eigenvalue weighted by Gasteiger charge is -2.12. The predicted molar refractivity (Wildman–Crippen MR) is 66.0 cm³/mol. The summed E-state index contributed by atoms with van der Waals surface area (Å²) in [5.74, 6) is -0.701. The van der Waals surface area contributed by atoms with Crippen LogP contribution in [-0.4, -0.2) is 31.7 Å². The topological polar surface area (TPSA) is 85.4 Å². The number of hydrogen-bond donors (Lipinski definition) is 1. The lowest BCUT2D eigenvalue weighted by atomic mass is 10.5. The Bertz CT molecular complexity index is 517. The molecule has 0 radical (unpaired) electrons. The first-order chi connectivity index (χ1) is 7.88. The van der Waals surface area contributed by atoms with E-state index in [1.54, 1.807) is 12.1 Å². The Labute approximate surface area is 108 Å². The van der Waals surface area contributed by atoms with Gasteiger partial charge < -0.3 is 4.74 Å². The van der Waals surface area contributed by atoms with Gasteiger partial charge >= 0.3 is 5.97 Å². The average Bonchev–Trinajstić information content (AvgIpc) is 2.30. The molecule has 0 fully saturated rings. The summed E-state index contributed by atoms with van der Waals surface area (Å²) in [5, 5.41) is -1.30. The summed E-state index contributed by atoms with van der Waals surface area (Å²) >= 11 is 3.15. The summed E-state index contributed by atoms with van der Waals surface area (Å²) in [6, 6.07) is 3.28. The first-order valence-electron chi connectivity index (χ1n) is 4.58. The van der Waals surface area contributed by atoms with Crippen molar-refractivity contribution in [3.05, 3.63) is 22.8 Å². The summed E-state index contributed by atoms with van der Waals surface area (Å²) in [6.07, 6.45) is 1.44. The predicted octanol–water partition coefficient (Wildman–Crippen LogP) is 1.15. The molecule has 0 saturated heterocycles. The van der Waals surface area contributed by atoms with Gasteiger partial charge in [-0.1, -0.05) is 0 Å². The van der Waals surface area contributed by atoms with Crippen molar-refractivity contribution in [1.29, 1.82) is 0 Å². The van der Waals surface area contributed by atoms with Gasteiger partial charge in [-0.25, -0.2) is 13.4 Å². The van der Waals surface area contributed by atoms with Crippen LogP contribution in [0.25, 0.3) is 0 Å². The number of esters is 1. The molecule has 17 heavy (non-hydrogen) atoms. The van der Waals surface area contributed by atoms with Crippen LogP contribution in [0.1, 0.15) is 6.92 Å². The molecule has 6 nitrogen and oxygen atoms in total. The van der Waals surface area contributed by atoms with Crippen LogP contribution in [0.3, 0.4) is 0 Å². The standard InChI is InChI=1S/C9H11BrN2O4S/c1-6(9(13)16-2)17(14,15)12-8-7(10)4-3-5-11-8/h3-6H,1-2H3,(H,11,12). The highest BCUT2D eigenvalue weighted by molar-refractivity contribution is 9.10. The minimum atomic E-state index is -3.86. The summed E-state index contributed by atoms with van der Waals surface area (Å²) in [6.45, 7) is 1.24. The molecule has 0 aliphatic carbocycles. The normalized spacial score (nSPS) is 12.9. The molecule has 0 amide bonds. The molecule has 1 rings (SSSR count). The highest BCUT2D eigenvalue weighted by Gasteiger charge is 2.29. The smallest absolute Gasteiger partial charge is 0.325 e. The van der Waals surface area contributed by atoms with Gasteiger partial charge in [0.25, 0.3) is 0 Å². The van der Waals surface area contributed by atoms with Crippen LogP contribution in [0.4, 0.5) is 5.82 Å². The third-order valence-corrected chi connectivity index (χ3v) is 4.24. The maximum Gasteiger partial charge on any atom is 0.325 e. The molecule has 0 saturated carbocycles. The Morgan fingerprint density at radius 3 is 2.76 bits per heavy atom. The number of rotatable bonds is 4. The van der Waals surface area contributed by atoms with E-state index >= 15 is 0 Å². The van der Waals surface area contributed by atoms with Gasteiger partial charge in [-0.05, 0) is 35.0 Å². The molecule has 1 heterocycles. The largest absolute Gasteiger partial charge is 0.468 e. The molecule has 0 aromatic carbocycles. The minimum Gasteiger partial charge on any atom is -0.468 e. The highest BCUT2D eigenvalue weighted by Crippen LogP contribution is 2.20. The van der Waals surface area contributed by atoms with Gasteiger partial charge in [0.05, 0.1) is 11.6 Å². The Kier molecular flexibility index (Phi) is 4.47. The molecule has 0 spiro atoms. The SMILES string of the molecule is COC(=O)C(C)S(=O)(=O)Nc1ncccc1Br. The molecule has 8 heteroatoms. The van der Waals surface area contributed by atoms with Gasteiger partial charge in [0.2, 0.25) is 10.0 Å². The number of halogens is 1. The van der Waals surface area contributed by atoms with Crippen molar-refractivity contribution < 1.29 is 17.9 Å². The van der Waals surface area contributed by atoms with Crippen molar-refractivity contribution in [3.63, 3.8) is 0 Å². The van der Waals surface area contributed by atoms with E-state index in [9.17, 15) is 13.2 Å². The maximum atomic E-state index is 11.8. The zero-order valence-corrected chi connectivity index (χ0v) is 11.6. The summed E-state index contributed by atoms with van der Waals surface area (Å²) in [4.78, 5) is 15.0. The van der Waals surface area contributed by atoms with E-state index in [4.69, 9.17) is 0 Å². The Morgan fingerprint density at radius 2 is 2.24 bits per heavy atom. The second kappa shape index (κ2) is 5.46. The summed E-state index contributed by atoms with van der Waals surface area (Å²) in [5.41, 5.74) is 0. The van der Waals surface area contributed by atoms with Crippen molar-refractivity contribution in [2.75, 3.05) is 11.8 Å². The second-order valence-corrected chi connectivity index (χ2v) is 6.00. The Balaban J connectivity index is 2.95. The van der Waals surface area contributed by atoms with Crippen molar-refractivity contribution in [3.8, 4) is 0 Å². The van der Waals surface area contributed by atoms with Crippen LogP contribution < -0.4 is 4.72 Å². The number of pyridine rings is 1. The number of anilines is 1. The maximum absolute atomic E-state index is 11.8. The first kappa shape index (κ1) is 13.9. The van der Waals surface area contributed by atoms with Crippen LogP contribution >= 0.6 is 15.9 Å². The van der Waals surface area contributed by atoms with Crippen molar-refractivity contribution in [2.45, 2.75) is 12.2 Å². The van der Waals surface area contributed by atoms with E-state index in [2.05, 4.69) is 30.4 Å². The minimum absolute atomic E-state index is 0.128. The summed E-state index contributed by atoms with van der Waals surface area (Å²) in [7, 11) is -2.73. The molecule has 0 bridgehead atoms. The lowest BCUT2D eigenvalue weighted by molar-refractivity contribution is -0.139. The van der Waals surface area contributed by atoms with E-state index in [-0.39, 0.29) is 5.82 Å². The number of carbonyl (C=O) groups is 1. The van der Waals surface area contributed by atoms with Gasteiger partial charge in [-0.15, -0.1) is 0 Å². The van der Waals surface area contributed by atoms with Crippen LogP contribution in [0.15, 0.2) is 22.8 Å². The molecule has 0 aliphatic rings. The fourth-order valence-electron chi connectivity index (χ4n) is 0.977. The van der Waals surface area contributed by atoms with Crippen LogP contribution in [0, 0.1) is 0 Å². The third kappa shape index (κ3) is 3.40. The number of hydrogen-bond acceptors (Lipinski definition) is 5. The van der Waals surface area contributed by atoms with Gasteiger partial charge in [0, 0.05) is 6.20 Å². The van der Waals surface area contributed by atoms with Crippen molar-refractivity contribution in [2.24, 2.45) is 0 Å². The molecule has 1 aromatic heterocycles. The lowest BCUT2D eigenvalue weighted by Crippen LogP contribution is -2.33. The molecule has 1 atom stereocenters. The van der Waals surface area contributed by atoms with Crippen LogP contribution in [0.5, 0.6) is 0 Å². The molecule has 0 aliphatic heterocycles. The van der Waals surface area contributed by atoms with E-state index in [0.29, 0.717) is 4.47 Å². The van der Waals surface area contributed by atoms with Crippen LogP contribution in [0.2, 0.25) is 0 Å². The molecule has 1 aromatic rings. The third-order valence-electron chi connectivity index (χ3n) is 2.00. The van der Waals surface area contributed by atoms with Crippen molar-refractivity contribution in [1.82, 2.24) is 4.98 Å². The van der Waals surface area contributed by atoms with Gasteiger partial charge in [0.15, 0.2) is 11.1 Å². The quantitative estimate of drug-likeness (QED) is 0.840. The molecular formula is C9H11BrN2O4S. The Hall–Kier alpha value is -1.15. The number of carbonyl (C=O) groups excluding carboxylic acids is 1. The van der Waals surface area contributed by atoms with E-state index in [0.717, 1.165) is 7.11 Å². The average molecular weight is 323 g/mol. The second-order valence-electron chi connectivity index (χ2n) is 3.15. The molecule has 94 valence electrons. The van der Waals surface area contributed by atoms with Crippen LogP contribution in [-0.2, 0) is 19.6 Å². The molecule has 1 unspecified atom stereocenters. The monoisotopic (exact) mass is 322 g/mol. The number of methoxy groups -OCH3 is 1. The highest BCUT2D eigenvalue weighted by atomic mass is 79.9. The fourth-order valence-corrected chi connectivity index (χ4v) is 2.42. The zero-order chi connectivity index (χ0) is 13.1. The first-order valence-corrected chi connectivity index (χ1v) is 6.92. The van der Waals surface area contributed by atoms with Crippen molar-refractivity contribution >= 4 is 37.7 Å². The van der Waals surface area contributed by atoms with E-state index in [1.165, 1.54) is 13.1 Å². The summed E-state index contributed by atoms with van der Waals surface area (Å²) < 4.78 is 30.6. The fraction of sp³-hybridized carbons (Fsp3) is 0.333. The zero-order valence-electron chi connectivity index (χ0n) is 9.18. The number of ether oxygens (including phenoxy) is 1.